The molecule has 106 valence electrons. The monoisotopic (exact) mass is 283 g/mol. The van der Waals surface area contributed by atoms with Crippen LogP contribution in [0.2, 0.25) is 0 Å². The van der Waals surface area contributed by atoms with E-state index in [2.05, 4.69) is 9.97 Å². The molecule has 0 fully saturated rings. The van der Waals surface area contributed by atoms with E-state index in [-0.39, 0.29) is 0 Å². The third-order valence-corrected chi connectivity index (χ3v) is 3.55. The van der Waals surface area contributed by atoms with Gasteiger partial charge in [0.15, 0.2) is 5.82 Å². The summed E-state index contributed by atoms with van der Waals surface area (Å²) in [4.78, 5) is 20.2. The normalized spacial score (nSPS) is 11.0. The average Bonchev–Trinajstić information content (AvgIpc) is 2.43. The Morgan fingerprint density at radius 1 is 1.05 bits per heavy atom. The molecule has 21 heavy (non-hydrogen) atoms. The van der Waals surface area contributed by atoms with Crippen LogP contribution in [0.15, 0.2) is 35.4 Å². The zero-order valence-corrected chi connectivity index (χ0v) is 12.0. The van der Waals surface area contributed by atoms with Gasteiger partial charge < -0.3 is 4.57 Å². The molecule has 4 nitrogen and oxygen atoms in total. The van der Waals surface area contributed by atoms with Crippen LogP contribution >= 0.6 is 0 Å². The minimum atomic E-state index is -0.775. The first kappa shape index (κ1) is 13.4. The molecule has 0 atom stereocenters. The van der Waals surface area contributed by atoms with Gasteiger partial charge in [-0.15, -0.1) is 0 Å². The Labute approximate surface area is 120 Å². The predicted octanol–water partition coefficient (Wildman–Crippen LogP) is 2.85. The molecule has 0 aliphatic rings. The Bertz CT molecular complexity index is 915. The summed E-state index contributed by atoms with van der Waals surface area (Å²) in [6, 6.07) is 4.99. The molecule has 0 saturated heterocycles. The van der Waals surface area contributed by atoms with Gasteiger partial charge in [-0.3, -0.25) is 4.79 Å². The summed E-state index contributed by atoms with van der Waals surface area (Å²) < 4.78 is 15.1. The topological polar surface area (TPSA) is 47.8 Å². The van der Waals surface area contributed by atoms with Crippen molar-refractivity contribution in [1.29, 1.82) is 0 Å². The summed E-state index contributed by atoms with van der Waals surface area (Å²) in [5, 5.41) is 0. The van der Waals surface area contributed by atoms with Crippen LogP contribution in [0.25, 0.3) is 16.7 Å². The summed E-state index contributed by atoms with van der Waals surface area (Å²) in [6.07, 6.45) is 2.74. The quantitative estimate of drug-likeness (QED) is 0.690. The Balaban J connectivity index is 2.27. The van der Waals surface area contributed by atoms with Gasteiger partial charge in [-0.2, -0.15) is 0 Å². The number of nitrogens with zero attached hydrogens (tertiary/aromatic N) is 3. The number of halogens is 1. The van der Waals surface area contributed by atoms with E-state index in [9.17, 15) is 9.18 Å². The van der Waals surface area contributed by atoms with E-state index in [0.717, 1.165) is 33.7 Å². The Kier molecular flexibility index (Phi) is 3.05. The number of benzene rings is 1. The van der Waals surface area contributed by atoms with Gasteiger partial charge in [-0.05, 0) is 38.5 Å². The van der Waals surface area contributed by atoms with Crippen molar-refractivity contribution in [2.24, 2.45) is 0 Å². The molecule has 3 rings (SSSR count). The van der Waals surface area contributed by atoms with E-state index in [1.165, 1.54) is 12.3 Å². The summed E-state index contributed by atoms with van der Waals surface area (Å²) >= 11 is 0. The summed E-state index contributed by atoms with van der Waals surface area (Å²) in [7, 11) is 0. The van der Waals surface area contributed by atoms with Crippen LogP contribution < -0.4 is 5.43 Å². The van der Waals surface area contributed by atoms with E-state index in [1.807, 2.05) is 32.9 Å². The van der Waals surface area contributed by atoms with Crippen molar-refractivity contribution >= 4 is 11.0 Å². The van der Waals surface area contributed by atoms with Crippen molar-refractivity contribution in [3.8, 4) is 5.69 Å². The van der Waals surface area contributed by atoms with Crippen LogP contribution in [0, 0.1) is 26.6 Å². The lowest BCUT2D eigenvalue weighted by molar-refractivity contribution is 0.604. The van der Waals surface area contributed by atoms with Crippen molar-refractivity contribution in [2.75, 3.05) is 0 Å². The van der Waals surface area contributed by atoms with Gasteiger partial charge >= 0.3 is 0 Å². The van der Waals surface area contributed by atoms with Crippen molar-refractivity contribution in [3.63, 3.8) is 0 Å². The van der Waals surface area contributed by atoms with Crippen LogP contribution in [0.1, 0.15) is 17.0 Å². The molecule has 0 N–H and O–H groups in total. The van der Waals surface area contributed by atoms with Crippen LogP contribution in [0.4, 0.5) is 4.39 Å². The second kappa shape index (κ2) is 4.77. The molecule has 0 aliphatic heterocycles. The zero-order chi connectivity index (χ0) is 15.1. The van der Waals surface area contributed by atoms with Crippen molar-refractivity contribution in [3.05, 3.63) is 63.6 Å². The van der Waals surface area contributed by atoms with Gasteiger partial charge in [-0.25, -0.2) is 14.4 Å². The van der Waals surface area contributed by atoms with E-state index in [1.54, 1.807) is 10.8 Å². The van der Waals surface area contributed by atoms with Crippen LogP contribution in [0.3, 0.4) is 0 Å². The Morgan fingerprint density at radius 3 is 2.29 bits per heavy atom. The molecule has 3 aromatic rings. The fraction of sp³-hybridized carbons (Fsp3) is 0.188. The molecule has 0 aliphatic carbocycles. The molecule has 1 aromatic carbocycles. The van der Waals surface area contributed by atoms with Gasteiger partial charge in [0, 0.05) is 18.5 Å². The molecule has 0 amide bonds. The Morgan fingerprint density at radius 2 is 1.67 bits per heavy atom. The Hall–Kier alpha value is -2.56. The van der Waals surface area contributed by atoms with E-state index in [4.69, 9.17) is 0 Å². The number of hydrogen-bond acceptors (Lipinski definition) is 3. The fourth-order valence-corrected chi connectivity index (χ4v) is 2.26. The lowest BCUT2D eigenvalue weighted by Crippen LogP contribution is -2.09. The van der Waals surface area contributed by atoms with Crippen molar-refractivity contribution in [2.45, 2.75) is 20.8 Å². The van der Waals surface area contributed by atoms with Gasteiger partial charge in [0.1, 0.15) is 0 Å². The van der Waals surface area contributed by atoms with Gasteiger partial charge in [0.05, 0.1) is 28.1 Å². The van der Waals surface area contributed by atoms with Gasteiger partial charge in [0.2, 0.25) is 5.43 Å². The van der Waals surface area contributed by atoms with Crippen molar-refractivity contribution in [1.82, 2.24) is 14.5 Å². The number of rotatable bonds is 1. The maximum absolute atomic E-state index is 13.5. The van der Waals surface area contributed by atoms with Gasteiger partial charge in [0.25, 0.3) is 0 Å². The first-order chi connectivity index (χ1) is 9.95. The molecule has 0 unspecified atom stereocenters. The first-order valence-electron chi connectivity index (χ1n) is 6.59. The molecular formula is C16H14FN3O. The molecule has 0 radical (unpaired) electrons. The SMILES string of the molecule is Cc1cc2nc(C)c(C)nc2cc1-n1ccc(=O)c(F)c1. The third kappa shape index (κ3) is 2.31. The standard InChI is InChI=1S/C16H14FN3O/c1-9-6-13-14(19-11(3)10(2)18-13)7-15(9)20-5-4-16(21)12(17)8-20/h4-8H,1-3H3. The molecule has 2 heterocycles. The highest BCUT2D eigenvalue weighted by Gasteiger charge is 2.08. The first-order valence-corrected chi connectivity index (χ1v) is 6.59. The second-order valence-electron chi connectivity index (χ2n) is 5.09. The zero-order valence-electron chi connectivity index (χ0n) is 12.0. The maximum atomic E-state index is 13.5. The summed E-state index contributed by atoms with van der Waals surface area (Å²) in [5.41, 5.74) is 4.41. The molecule has 5 heteroatoms. The molecule has 0 saturated carbocycles. The lowest BCUT2D eigenvalue weighted by Gasteiger charge is -2.12. The second-order valence-corrected chi connectivity index (χ2v) is 5.09. The van der Waals surface area contributed by atoms with Gasteiger partial charge in [-0.1, -0.05) is 0 Å². The van der Waals surface area contributed by atoms with E-state index < -0.39 is 11.2 Å². The minimum absolute atomic E-state index is 0.615. The highest BCUT2D eigenvalue weighted by molar-refractivity contribution is 5.78. The molecule has 0 bridgehead atoms. The van der Waals surface area contributed by atoms with E-state index >= 15 is 0 Å². The molecular weight excluding hydrogens is 269 g/mol. The van der Waals surface area contributed by atoms with E-state index in [0.29, 0.717) is 0 Å². The number of fused-ring (bicyclic) bond motifs is 1. The third-order valence-electron chi connectivity index (χ3n) is 3.55. The predicted molar refractivity (Wildman–Crippen MR) is 79.3 cm³/mol. The summed E-state index contributed by atoms with van der Waals surface area (Å²) in [5.74, 6) is -0.775. The highest BCUT2D eigenvalue weighted by atomic mass is 19.1. The van der Waals surface area contributed by atoms with Crippen LogP contribution in [-0.2, 0) is 0 Å². The molecule has 0 spiro atoms. The summed E-state index contributed by atoms with van der Waals surface area (Å²) in [6.45, 7) is 5.74. The highest BCUT2D eigenvalue weighted by Crippen LogP contribution is 2.21. The smallest absolute Gasteiger partial charge is 0.217 e. The number of hydrogen-bond donors (Lipinski definition) is 0. The fourth-order valence-electron chi connectivity index (χ4n) is 2.26. The average molecular weight is 283 g/mol. The number of aromatic nitrogens is 3. The van der Waals surface area contributed by atoms with Crippen molar-refractivity contribution < 1.29 is 4.39 Å². The van der Waals surface area contributed by atoms with Crippen LogP contribution in [0.5, 0.6) is 0 Å². The number of pyridine rings is 1. The maximum Gasteiger partial charge on any atom is 0.217 e. The number of aryl methyl sites for hydroxylation is 3. The molecule has 2 aromatic heterocycles. The largest absolute Gasteiger partial charge is 0.320 e. The lowest BCUT2D eigenvalue weighted by atomic mass is 10.1. The minimum Gasteiger partial charge on any atom is -0.320 e. The van der Waals surface area contributed by atoms with Crippen LogP contribution in [-0.4, -0.2) is 14.5 Å².